The Morgan fingerprint density at radius 3 is 2.92 bits per heavy atom. The van der Waals surface area contributed by atoms with E-state index in [1.54, 1.807) is 4.90 Å². The van der Waals surface area contributed by atoms with Gasteiger partial charge in [0.2, 0.25) is 5.91 Å². The SMILES string of the molecule is N#C[C@@H]1CCCN1C(=O)CN[C@@H]1CC[C@@H](CSc2ccccc2)C1. The van der Waals surface area contributed by atoms with Crippen LogP contribution in [0, 0.1) is 17.2 Å². The Labute approximate surface area is 148 Å². The highest BCUT2D eigenvalue weighted by molar-refractivity contribution is 7.99. The molecule has 0 unspecified atom stereocenters. The van der Waals surface area contributed by atoms with Gasteiger partial charge in [-0.05, 0) is 50.2 Å². The summed E-state index contributed by atoms with van der Waals surface area (Å²) in [7, 11) is 0. The molecule has 24 heavy (non-hydrogen) atoms. The second-order valence-corrected chi connectivity index (χ2v) is 7.85. The Kier molecular flexibility index (Phi) is 6.17. The molecule has 1 aliphatic heterocycles. The molecule has 1 N–H and O–H groups in total. The van der Waals surface area contributed by atoms with E-state index in [9.17, 15) is 4.79 Å². The maximum atomic E-state index is 12.3. The first-order valence-corrected chi connectivity index (χ1v) is 9.85. The average molecular weight is 343 g/mol. The number of hydrogen-bond acceptors (Lipinski definition) is 4. The first-order valence-electron chi connectivity index (χ1n) is 8.86. The number of amides is 1. The maximum Gasteiger partial charge on any atom is 0.237 e. The van der Waals surface area contributed by atoms with Gasteiger partial charge >= 0.3 is 0 Å². The fraction of sp³-hybridized carbons (Fsp3) is 0.579. The van der Waals surface area contributed by atoms with Crippen molar-refractivity contribution in [3.8, 4) is 6.07 Å². The molecule has 0 aromatic heterocycles. The van der Waals surface area contributed by atoms with Crippen molar-refractivity contribution in [2.75, 3.05) is 18.8 Å². The van der Waals surface area contributed by atoms with Crippen LogP contribution in [0.5, 0.6) is 0 Å². The Morgan fingerprint density at radius 2 is 2.12 bits per heavy atom. The van der Waals surface area contributed by atoms with Gasteiger partial charge in [-0.15, -0.1) is 11.8 Å². The summed E-state index contributed by atoms with van der Waals surface area (Å²) >= 11 is 1.93. The van der Waals surface area contributed by atoms with Crippen LogP contribution >= 0.6 is 11.8 Å². The minimum absolute atomic E-state index is 0.0844. The zero-order chi connectivity index (χ0) is 16.8. The van der Waals surface area contributed by atoms with Crippen molar-refractivity contribution in [3.63, 3.8) is 0 Å². The van der Waals surface area contributed by atoms with Crippen molar-refractivity contribution in [3.05, 3.63) is 30.3 Å². The van der Waals surface area contributed by atoms with Crippen LogP contribution in [0.1, 0.15) is 32.1 Å². The van der Waals surface area contributed by atoms with Crippen molar-refractivity contribution in [1.29, 1.82) is 5.26 Å². The van der Waals surface area contributed by atoms with E-state index in [2.05, 4.69) is 35.7 Å². The summed E-state index contributed by atoms with van der Waals surface area (Å²) in [4.78, 5) is 15.3. The van der Waals surface area contributed by atoms with E-state index < -0.39 is 0 Å². The fourth-order valence-corrected chi connectivity index (χ4v) is 4.76. The van der Waals surface area contributed by atoms with Gasteiger partial charge in [0.1, 0.15) is 6.04 Å². The number of rotatable bonds is 6. The molecule has 128 valence electrons. The summed E-state index contributed by atoms with van der Waals surface area (Å²) in [6.45, 7) is 1.11. The smallest absolute Gasteiger partial charge is 0.237 e. The first-order chi connectivity index (χ1) is 11.8. The van der Waals surface area contributed by atoms with Gasteiger partial charge in [0, 0.05) is 23.2 Å². The Morgan fingerprint density at radius 1 is 1.29 bits per heavy atom. The molecular weight excluding hydrogens is 318 g/mol. The van der Waals surface area contributed by atoms with Crippen molar-refractivity contribution >= 4 is 17.7 Å². The minimum atomic E-state index is -0.210. The lowest BCUT2D eigenvalue weighted by Gasteiger charge is -2.21. The van der Waals surface area contributed by atoms with E-state index >= 15 is 0 Å². The summed E-state index contributed by atoms with van der Waals surface area (Å²) in [5, 5.41) is 12.5. The van der Waals surface area contributed by atoms with Gasteiger partial charge in [-0.2, -0.15) is 5.26 Å². The average Bonchev–Trinajstić information content (AvgIpc) is 3.28. The van der Waals surface area contributed by atoms with E-state index in [1.807, 2.05) is 17.8 Å². The van der Waals surface area contributed by atoms with Gasteiger partial charge in [-0.1, -0.05) is 18.2 Å². The molecule has 4 nitrogen and oxygen atoms in total. The van der Waals surface area contributed by atoms with Crippen LogP contribution < -0.4 is 5.32 Å². The molecule has 1 heterocycles. The van der Waals surface area contributed by atoms with Gasteiger partial charge in [0.05, 0.1) is 12.6 Å². The molecule has 2 aliphatic rings. The van der Waals surface area contributed by atoms with Crippen LogP contribution in [0.15, 0.2) is 35.2 Å². The van der Waals surface area contributed by atoms with Gasteiger partial charge in [-0.3, -0.25) is 4.79 Å². The Hall–Kier alpha value is -1.51. The van der Waals surface area contributed by atoms with Gasteiger partial charge in [-0.25, -0.2) is 0 Å². The molecule has 0 spiro atoms. The third kappa shape index (κ3) is 4.52. The van der Waals surface area contributed by atoms with E-state index in [0.717, 1.165) is 43.9 Å². The number of nitriles is 1. The number of hydrogen-bond donors (Lipinski definition) is 1. The quantitative estimate of drug-likeness (QED) is 0.807. The molecule has 5 heteroatoms. The zero-order valence-electron chi connectivity index (χ0n) is 14.0. The number of benzene rings is 1. The number of likely N-dealkylation sites (tertiary alicyclic amines) is 1. The molecule has 1 aromatic carbocycles. The normalized spacial score (nSPS) is 26.5. The second-order valence-electron chi connectivity index (χ2n) is 6.76. The highest BCUT2D eigenvalue weighted by Crippen LogP contribution is 2.31. The van der Waals surface area contributed by atoms with Crippen molar-refractivity contribution < 1.29 is 4.79 Å². The van der Waals surface area contributed by atoms with Gasteiger partial charge < -0.3 is 10.2 Å². The van der Waals surface area contributed by atoms with E-state index in [-0.39, 0.29) is 11.9 Å². The van der Waals surface area contributed by atoms with E-state index in [1.165, 1.54) is 11.3 Å². The molecule has 0 radical (unpaired) electrons. The molecule has 1 saturated carbocycles. The number of carbonyl (C=O) groups excluding carboxylic acids is 1. The molecule has 3 atom stereocenters. The lowest BCUT2D eigenvalue weighted by molar-refractivity contribution is -0.130. The monoisotopic (exact) mass is 343 g/mol. The van der Waals surface area contributed by atoms with Gasteiger partial charge in [0.25, 0.3) is 0 Å². The maximum absolute atomic E-state index is 12.3. The predicted molar refractivity (Wildman–Crippen MR) is 96.6 cm³/mol. The van der Waals surface area contributed by atoms with E-state index in [4.69, 9.17) is 5.26 Å². The molecule has 1 aliphatic carbocycles. The van der Waals surface area contributed by atoms with Gasteiger partial charge in [0.15, 0.2) is 0 Å². The number of nitrogens with zero attached hydrogens (tertiary/aromatic N) is 2. The summed E-state index contributed by atoms with van der Waals surface area (Å²) in [5.41, 5.74) is 0. The highest BCUT2D eigenvalue weighted by Gasteiger charge is 2.30. The highest BCUT2D eigenvalue weighted by atomic mass is 32.2. The standard InChI is InChI=1S/C19H25N3OS/c20-12-17-5-4-10-22(17)19(23)13-21-16-9-8-15(11-16)14-24-18-6-2-1-3-7-18/h1-3,6-7,15-17,21H,4-5,8-11,13-14H2/t15-,16-,17+/m1/s1. The first kappa shape index (κ1) is 17.3. The number of nitrogens with one attached hydrogen (secondary N) is 1. The Balaban J connectivity index is 1.37. The summed E-state index contributed by atoms with van der Waals surface area (Å²) in [6.07, 6.45) is 5.30. The molecule has 1 aromatic rings. The summed E-state index contributed by atoms with van der Waals surface area (Å²) in [5.74, 6) is 1.96. The fourth-order valence-electron chi connectivity index (χ4n) is 3.68. The Bertz CT molecular complexity index is 586. The minimum Gasteiger partial charge on any atom is -0.326 e. The zero-order valence-corrected chi connectivity index (χ0v) is 14.8. The lowest BCUT2D eigenvalue weighted by Crippen LogP contribution is -2.42. The molecular formula is C19H25N3OS. The van der Waals surface area contributed by atoms with E-state index in [0.29, 0.717) is 12.6 Å². The topological polar surface area (TPSA) is 56.1 Å². The van der Waals surface area contributed by atoms with Crippen LogP contribution in [0.25, 0.3) is 0 Å². The molecule has 0 bridgehead atoms. The largest absolute Gasteiger partial charge is 0.326 e. The summed E-state index contributed by atoms with van der Waals surface area (Å²) < 4.78 is 0. The van der Waals surface area contributed by atoms with Crippen LogP contribution in [0.3, 0.4) is 0 Å². The molecule has 1 amide bonds. The van der Waals surface area contributed by atoms with Crippen molar-refractivity contribution in [1.82, 2.24) is 10.2 Å². The third-order valence-electron chi connectivity index (χ3n) is 5.03. The molecule has 3 rings (SSSR count). The predicted octanol–water partition coefficient (Wildman–Crippen LogP) is 3.05. The summed E-state index contributed by atoms with van der Waals surface area (Å²) in [6, 6.07) is 13.0. The third-order valence-corrected chi connectivity index (χ3v) is 6.28. The van der Waals surface area contributed by atoms with Crippen LogP contribution in [0.4, 0.5) is 0 Å². The number of carbonyl (C=O) groups is 1. The lowest BCUT2D eigenvalue weighted by atomic mass is 10.1. The van der Waals surface area contributed by atoms with Crippen molar-refractivity contribution in [2.45, 2.75) is 49.1 Å². The van der Waals surface area contributed by atoms with Crippen LogP contribution in [0.2, 0.25) is 0 Å². The molecule has 2 fully saturated rings. The van der Waals surface area contributed by atoms with Crippen molar-refractivity contribution in [2.24, 2.45) is 5.92 Å². The van der Waals surface area contributed by atoms with Crippen LogP contribution in [-0.2, 0) is 4.79 Å². The van der Waals surface area contributed by atoms with Crippen LogP contribution in [-0.4, -0.2) is 41.7 Å². The second kappa shape index (κ2) is 8.55. The molecule has 1 saturated heterocycles. The number of thioether (sulfide) groups is 1.